The summed E-state index contributed by atoms with van der Waals surface area (Å²) < 4.78 is 5.35. The van der Waals surface area contributed by atoms with Gasteiger partial charge in [-0.15, -0.1) is 0 Å². The van der Waals surface area contributed by atoms with Crippen LogP contribution < -0.4 is 10.1 Å². The summed E-state index contributed by atoms with van der Waals surface area (Å²) in [6.45, 7) is -0.294. The lowest BCUT2D eigenvalue weighted by atomic mass is 10.2. The molecular weight excluding hydrogens is 363 g/mol. The topological polar surface area (TPSA) is 70.9 Å². The van der Waals surface area contributed by atoms with Gasteiger partial charge in [0.05, 0.1) is 27.0 Å². The van der Waals surface area contributed by atoms with Crippen molar-refractivity contribution in [1.29, 1.82) is 0 Å². The minimum absolute atomic E-state index is 0.165. The predicted octanol–water partition coefficient (Wildman–Crippen LogP) is 4.47. The normalized spacial score (nSPS) is 10.7. The van der Waals surface area contributed by atoms with Crippen molar-refractivity contribution < 1.29 is 14.7 Å². The van der Waals surface area contributed by atoms with E-state index < -0.39 is 5.91 Å². The zero-order valence-corrected chi connectivity index (χ0v) is 13.9. The molecule has 0 fully saturated rings. The molecule has 2 N–H and O–H groups in total. The summed E-state index contributed by atoms with van der Waals surface area (Å²) in [4.78, 5) is 11.9. The maximum absolute atomic E-state index is 11.9. The van der Waals surface area contributed by atoms with Crippen LogP contribution in [-0.4, -0.2) is 23.9 Å². The van der Waals surface area contributed by atoms with Crippen LogP contribution in [0.1, 0.15) is 5.56 Å². The number of oxime groups is 1. The number of carbonyl (C=O) groups excluding carboxylic acids is 1. The predicted molar refractivity (Wildman–Crippen MR) is 91.4 cm³/mol. The van der Waals surface area contributed by atoms with Gasteiger partial charge >= 0.3 is 0 Å². The Morgan fingerprint density at radius 2 is 1.83 bits per heavy atom. The standard InChI is InChI=1S/C15H11Cl3N2O3/c16-10-3-1-2-4-13(10)20-14(21)8-23-15-11(17)5-9(7-19-22)6-12(15)18/h1-7,22H,8H2,(H,20,21)/b19-7+. The van der Waals surface area contributed by atoms with Gasteiger partial charge in [-0.1, -0.05) is 52.1 Å². The maximum Gasteiger partial charge on any atom is 0.262 e. The molecule has 0 aliphatic heterocycles. The Hall–Kier alpha value is -1.95. The molecule has 8 heteroatoms. The van der Waals surface area contributed by atoms with Gasteiger partial charge in [0.1, 0.15) is 0 Å². The lowest BCUT2D eigenvalue weighted by Gasteiger charge is -2.11. The van der Waals surface area contributed by atoms with E-state index in [1.54, 1.807) is 24.3 Å². The Labute approximate surface area is 147 Å². The fourth-order valence-electron chi connectivity index (χ4n) is 1.75. The van der Waals surface area contributed by atoms with Crippen molar-refractivity contribution in [3.8, 4) is 5.75 Å². The molecular formula is C15H11Cl3N2O3. The molecule has 0 saturated carbocycles. The van der Waals surface area contributed by atoms with Gasteiger partial charge in [-0.25, -0.2) is 0 Å². The highest BCUT2D eigenvalue weighted by Gasteiger charge is 2.12. The Kier molecular flexibility index (Phi) is 6.10. The van der Waals surface area contributed by atoms with Gasteiger partial charge in [0.2, 0.25) is 0 Å². The second-order valence-corrected chi connectivity index (χ2v) is 5.60. The highest BCUT2D eigenvalue weighted by Crippen LogP contribution is 2.33. The quantitative estimate of drug-likeness (QED) is 0.461. The summed E-state index contributed by atoms with van der Waals surface area (Å²) in [7, 11) is 0. The third kappa shape index (κ3) is 4.76. The molecule has 120 valence electrons. The fraction of sp³-hybridized carbons (Fsp3) is 0.0667. The second kappa shape index (κ2) is 8.06. The van der Waals surface area contributed by atoms with Crippen LogP contribution in [0.5, 0.6) is 5.75 Å². The zero-order valence-electron chi connectivity index (χ0n) is 11.6. The van der Waals surface area contributed by atoms with E-state index in [-0.39, 0.29) is 22.4 Å². The van der Waals surface area contributed by atoms with E-state index in [2.05, 4.69) is 10.5 Å². The van der Waals surface area contributed by atoms with Gasteiger partial charge < -0.3 is 15.3 Å². The number of nitrogens with zero attached hydrogens (tertiary/aromatic N) is 1. The smallest absolute Gasteiger partial charge is 0.262 e. The van der Waals surface area contributed by atoms with Gasteiger partial charge in [0, 0.05) is 0 Å². The van der Waals surface area contributed by atoms with Crippen molar-refractivity contribution in [2.75, 3.05) is 11.9 Å². The van der Waals surface area contributed by atoms with E-state index in [0.717, 1.165) is 0 Å². The number of rotatable bonds is 5. The molecule has 0 heterocycles. The third-order valence-electron chi connectivity index (χ3n) is 2.72. The van der Waals surface area contributed by atoms with Crippen molar-refractivity contribution >= 4 is 52.6 Å². The Bertz CT molecular complexity index is 727. The number of nitrogens with one attached hydrogen (secondary N) is 1. The van der Waals surface area contributed by atoms with Gasteiger partial charge in [-0.2, -0.15) is 0 Å². The van der Waals surface area contributed by atoms with Crippen LogP contribution in [-0.2, 0) is 4.79 Å². The molecule has 5 nitrogen and oxygen atoms in total. The monoisotopic (exact) mass is 372 g/mol. The largest absolute Gasteiger partial charge is 0.481 e. The average Bonchev–Trinajstić information content (AvgIpc) is 2.49. The summed E-state index contributed by atoms with van der Waals surface area (Å²) in [5.41, 5.74) is 0.977. The molecule has 0 aliphatic carbocycles. The number of hydrogen-bond acceptors (Lipinski definition) is 4. The molecule has 2 rings (SSSR count). The van der Waals surface area contributed by atoms with Crippen LogP contribution >= 0.6 is 34.8 Å². The SMILES string of the molecule is O=C(COc1c(Cl)cc(/C=N/O)cc1Cl)Nc1ccccc1Cl. The number of ether oxygens (including phenoxy) is 1. The first-order valence-electron chi connectivity index (χ1n) is 6.35. The zero-order chi connectivity index (χ0) is 16.8. The van der Waals surface area contributed by atoms with Gasteiger partial charge in [-0.3, -0.25) is 4.79 Å². The molecule has 0 aliphatic rings. The van der Waals surface area contributed by atoms with E-state index in [1.165, 1.54) is 18.3 Å². The Morgan fingerprint density at radius 1 is 1.17 bits per heavy atom. The van der Waals surface area contributed by atoms with Crippen LogP contribution in [0.15, 0.2) is 41.6 Å². The van der Waals surface area contributed by atoms with Crippen molar-refractivity contribution in [2.24, 2.45) is 5.16 Å². The lowest BCUT2D eigenvalue weighted by Crippen LogP contribution is -2.20. The van der Waals surface area contributed by atoms with Crippen LogP contribution in [0.4, 0.5) is 5.69 Å². The Morgan fingerprint density at radius 3 is 2.43 bits per heavy atom. The second-order valence-electron chi connectivity index (χ2n) is 4.37. The Balaban J connectivity index is 2.03. The molecule has 0 atom stereocenters. The molecule has 0 aromatic heterocycles. The highest BCUT2D eigenvalue weighted by atomic mass is 35.5. The summed E-state index contributed by atoms with van der Waals surface area (Å²) in [5, 5.41) is 14.8. The number of halogens is 3. The number of anilines is 1. The van der Waals surface area contributed by atoms with Crippen molar-refractivity contribution in [2.45, 2.75) is 0 Å². The molecule has 0 radical (unpaired) electrons. The first kappa shape index (κ1) is 17.4. The number of carbonyl (C=O) groups is 1. The molecule has 0 spiro atoms. The summed E-state index contributed by atoms with van der Waals surface area (Å²) in [6.07, 6.45) is 1.17. The van der Waals surface area contributed by atoms with E-state index in [4.69, 9.17) is 44.7 Å². The van der Waals surface area contributed by atoms with Gasteiger partial charge in [0.15, 0.2) is 12.4 Å². The summed E-state index contributed by atoms with van der Waals surface area (Å²) in [6, 6.07) is 9.82. The van der Waals surface area contributed by atoms with E-state index in [1.807, 2.05) is 0 Å². The molecule has 2 aromatic carbocycles. The number of para-hydroxylation sites is 1. The van der Waals surface area contributed by atoms with Crippen molar-refractivity contribution in [1.82, 2.24) is 0 Å². The van der Waals surface area contributed by atoms with E-state index in [0.29, 0.717) is 16.3 Å². The van der Waals surface area contributed by atoms with Crippen LogP contribution in [0, 0.1) is 0 Å². The minimum atomic E-state index is -0.411. The van der Waals surface area contributed by atoms with Crippen molar-refractivity contribution in [3.63, 3.8) is 0 Å². The number of benzene rings is 2. The van der Waals surface area contributed by atoms with Crippen LogP contribution in [0.25, 0.3) is 0 Å². The number of hydrogen-bond donors (Lipinski definition) is 2. The van der Waals surface area contributed by atoms with E-state index >= 15 is 0 Å². The maximum atomic E-state index is 11.9. The van der Waals surface area contributed by atoms with Crippen LogP contribution in [0.3, 0.4) is 0 Å². The molecule has 0 saturated heterocycles. The van der Waals surface area contributed by atoms with Gasteiger partial charge in [0.25, 0.3) is 5.91 Å². The van der Waals surface area contributed by atoms with Crippen molar-refractivity contribution in [3.05, 3.63) is 57.0 Å². The minimum Gasteiger partial charge on any atom is -0.481 e. The lowest BCUT2D eigenvalue weighted by molar-refractivity contribution is -0.118. The van der Waals surface area contributed by atoms with Gasteiger partial charge in [-0.05, 0) is 29.8 Å². The van der Waals surface area contributed by atoms with Crippen LogP contribution in [0.2, 0.25) is 15.1 Å². The number of amides is 1. The molecule has 2 aromatic rings. The third-order valence-corrected chi connectivity index (χ3v) is 3.61. The average molecular weight is 374 g/mol. The summed E-state index contributed by atoms with van der Waals surface area (Å²) in [5.74, 6) is -0.246. The first-order chi connectivity index (χ1) is 11.0. The summed E-state index contributed by atoms with van der Waals surface area (Å²) >= 11 is 18.0. The molecule has 1 amide bonds. The molecule has 0 bridgehead atoms. The first-order valence-corrected chi connectivity index (χ1v) is 7.48. The van der Waals surface area contributed by atoms with E-state index in [9.17, 15) is 4.79 Å². The molecule has 0 unspecified atom stereocenters. The fourth-order valence-corrected chi connectivity index (χ4v) is 2.54. The highest BCUT2D eigenvalue weighted by molar-refractivity contribution is 6.37. The molecule has 23 heavy (non-hydrogen) atoms.